The Kier molecular flexibility index (Phi) is 4.81. The molecule has 0 saturated carbocycles. The molecule has 90 valence electrons. The summed E-state index contributed by atoms with van der Waals surface area (Å²) < 4.78 is 5.78. The smallest absolute Gasteiger partial charge is 0.123 e. The number of rotatable bonds is 5. The standard InChI is InChI=1S/C14H22O2/c1-5-10(2)13-8-6-7-9-14(13)16-12(4)11(3)15/h6-12,15H,5H2,1-4H3. The Hall–Kier alpha value is -1.02. The van der Waals surface area contributed by atoms with Crippen LogP contribution in [0.25, 0.3) is 0 Å². The van der Waals surface area contributed by atoms with Crippen LogP contribution in [0.4, 0.5) is 0 Å². The molecule has 1 aromatic rings. The monoisotopic (exact) mass is 222 g/mol. The quantitative estimate of drug-likeness (QED) is 0.828. The summed E-state index contributed by atoms with van der Waals surface area (Å²) in [5, 5.41) is 9.44. The van der Waals surface area contributed by atoms with Crippen molar-refractivity contribution in [2.45, 2.75) is 52.2 Å². The van der Waals surface area contributed by atoms with E-state index in [1.54, 1.807) is 6.92 Å². The number of hydrogen-bond donors (Lipinski definition) is 1. The van der Waals surface area contributed by atoms with Gasteiger partial charge in [0, 0.05) is 0 Å². The largest absolute Gasteiger partial charge is 0.488 e. The highest BCUT2D eigenvalue weighted by molar-refractivity contribution is 5.36. The van der Waals surface area contributed by atoms with Crippen molar-refractivity contribution in [1.82, 2.24) is 0 Å². The number of ether oxygens (including phenoxy) is 1. The van der Waals surface area contributed by atoms with Crippen LogP contribution in [0, 0.1) is 0 Å². The fourth-order valence-corrected chi connectivity index (χ4v) is 1.51. The predicted octanol–water partition coefficient (Wildman–Crippen LogP) is 3.35. The lowest BCUT2D eigenvalue weighted by atomic mass is 9.98. The van der Waals surface area contributed by atoms with Crippen molar-refractivity contribution in [2.75, 3.05) is 0 Å². The summed E-state index contributed by atoms with van der Waals surface area (Å²) in [6, 6.07) is 8.07. The minimum Gasteiger partial charge on any atom is -0.488 e. The summed E-state index contributed by atoms with van der Waals surface area (Å²) in [6.07, 6.45) is 0.457. The zero-order valence-corrected chi connectivity index (χ0v) is 10.6. The number of para-hydroxylation sites is 1. The van der Waals surface area contributed by atoms with E-state index in [2.05, 4.69) is 19.9 Å². The van der Waals surface area contributed by atoms with Crippen LogP contribution < -0.4 is 4.74 Å². The molecule has 1 aromatic carbocycles. The SMILES string of the molecule is CCC(C)c1ccccc1OC(C)C(C)O. The lowest BCUT2D eigenvalue weighted by Gasteiger charge is -2.21. The highest BCUT2D eigenvalue weighted by Gasteiger charge is 2.14. The molecule has 0 radical (unpaired) electrons. The fraction of sp³-hybridized carbons (Fsp3) is 0.571. The molecule has 0 fully saturated rings. The molecule has 0 aliphatic carbocycles. The Morgan fingerprint density at radius 2 is 1.81 bits per heavy atom. The first kappa shape index (κ1) is 13.0. The molecular weight excluding hydrogens is 200 g/mol. The summed E-state index contributed by atoms with van der Waals surface area (Å²) >= 11 is 0. The minimum atomic E-state index is -0.454. The van der Waals surface area contributed by atoms with Crippen molar-refractivity contribution >= 4 is 0 Å². The zero-order valence-electron chi connectivity index (χ0n) is 10.6. The molecule has 0 bridgehead atoms. The lowest BCUT2D eigenvalue weighted by molar-refractivity contribution is 0.0596. The van der Waals surface area contributed by atoms with Crippen LogP contribution in [0.15, 0.2) is 24.3 Å². The average Bonchev–Trinajstić information content (AvgIpc) is 2.28. The third-order valence-electron chi connectivity index (χ3n) is 3.05. The molecule has 2 nitrogen and oxygen atoms in total. The topological polar surface area (TPSA) is 29.5 Å². The lowest BCUT2D eigenvalue weighted by Crippen LogP contribution is -2.26. The molecule has 0 aromatic heterocycles. The van der Waals surface area contributed by atoms with Gasteiger partial charge in [-0.2, -0.15) is 0 Å². The van der Waals surface area contributed by atoms with Gasteiger partial charge in [-0.3, -0.25) is 0 Å². The molecule has 0 saturated heterocycles. The Balaban J connectivity index is 2.86. The van der Waals surface area contributed by atoms with E-state index in [-0.39, 0.29) is 6.10 Å². The third-order valence-corrected chi connectivity index (χ3v) is 3.05. The van der Waals surface area contributed by atoms with Crippen molar-refractivity contribution in [2.24, 2.45) is 0 Å². The maximum absolute atomic E-state index is 9.44. The maximum atomic E-state index is 9.44. The molecule has 3 atom stereocenters. The molecule has 1 N–H and O–H groups in total. The molecule has 0 aliphatic heterocycles. The first-order valence-corrected chi connectivity index (χ1v) is 5.99. The Morgan fingerprint density at radius 1 is 1.19 bits per heavy atom. The summed E-state index contributed by atoms with van der Waals surface area (Å²) in [7, 11) is 0. The fourth-order valence-electron chi connectivity index (χ4n) is 1.51. The molecule has 0 amide bonds. The van der Waals surface area contributed by atoms with Crippen molar-refractivity contribution in [3.63, 3.8) is 0 Å². The van der Waals surface area contributed by atoms with Gasteiger partial charge in [0.1, 0.15) is 11.9 Å². The number of aliphatic hydroxyl groups excluding tert-OH is 1. The van der Waals surface area contributed by atoms with E-state index < -0.39 is 6.10 Å². The van der Waals surface area contributed by atoms with Gasteiger partial charge in [-0.15, -0.1) is 0 Å². The summed E-state index contributed by atoms with van der Waals surface area (Å²) in [5.41, 5.74) is 1.22. The highest BCUT2D eigenvalue weighted by Crippen LogP contribution is 2.29. The second-order valence-corrected chi connectivity index (χ2v) is 4.41. The van der Waals surface area contributed by atoms with E-state index in [1.165, 1.54) is 5.56 Å². The van der Waals surface area contributed by atoms with E-state index in [4.69, 9.17) is 4.74 Å². The highest BCUT2D eigenvalue weighted by atomic mass is 16.5. The van der Waals surface area contributed by atoms with E-state index >= 15 is 0 Å². The normalized spacial score (nSPS) is 16.6. The van der Waals surface area contributed by atoms with Crippen LogP contribution >= 0.6 is 0 Å². The Bertz CT molecular complexity index is 320. The molecule has 0 heterocycles. The second-order valence-electron chi connectivity index (χ2n) is 4.41. The van der Waals surface area contributed by atoms with Gasteiger partial charge in [-0.05, 0) is 37.8 Å². The molecule has 3 unspecified atom stereocenters. The van der Waals surface area contributed by atoms with Crippen molar-refractivity contribution < 1.29 is 9.84 Å². The molecule has 0 spiro atoms. The molecule has 2 heteroatoms. The summed E-state index contributed by atoms with van der Waals surface area (Å²) in [5.74, 6) is 1.38. The molecule has 1 rings (SSSR count). The van der Waals surface area contributed by atoms with E-state index in [9.17, 15) is 5.11 Å². The average molecular weight is 222 g/mol. The van der Waals surface area contributed by atoms with Crippen LogP contribution in [-0.4, -0.2) is 17.3 Å². The van der Waals surface area contributed by atoms with Gasteiger partial charge >= 0.3 is 0 Å². The van der Waals surface area contributed by atoms with Crippen molar-refractivity contribution in [1.29, 1.82) is 0 Å². The number of hydrogen-bond acceptors (Lipinski definition) is 2. The van der Waals surface area contributed by atoms with Gasteiger partial charge < -0.3 is 9.84 Å². The van der Waals surface area contributed by atoms with Crippen molar-refractivity contribution in [3.8, 4) is 5.75 Å². The molecule has 0 aliphatic rings. The third kappa shape index (κ3) is 3.24. The van der Waals surface area contributed by atoms with Gasteiger partial charge in [0.25, 0.3) is 0 Å². The molecular formula is C14H22O2. The van der Waals surface area contributed by atoms with Crippen LogP contribution in [0.5, 0.6) is 5.75 Å². The van der Waals surface area contributed by atoms with E-state index in [0.29, 0.717) is 5.92 Å². The first-order chi connectivity index (χ1) is 7.56. The summed E-state index contributed by atoms with van der Waals surface area (Å²) in [4.78, 5) is 0. The van der Waals surface area contributed by atoms with Gasteiger partial charge in [-0.25, -0.2) is 0 Å². The van der Waals surface area contributed by atoms with Gasteiger partial charge in [-0.1, -0.05) is 32.0 Å². The maximum Gasteiger partial charge on any atom is 0.123 e. The predicted molar refractivity (Wildman–Crippen MR) is 66.9 cm³/mol. The first-order valence-electron chi connectivity index (χ1n) is 5.99. The van der Waals surface area contributed by atoms with Crippen LogP contribution in [-0.2, 0) is 0 Å². The Labute approximate surface area is 98.3 Å². The van der Waals surface area contributed by atoms with Crippen LogP contribution in [0.1, 0.15) is 45.6 Å². The van der Waals surface area contributed by atoms with Crippen LogP contribution in [0.3, 0.4) is 0 Å². The van der Waals surface area contributed by atoms with Gasteiger partial charge in [0.2, 0.25) is 0 Å². The van der Waals surface area contributed by atoms with Crippen molar-refractivity contribution in [3.05, 3.63) is 29.8 Å². The number of benzene rings is 1. The van der Waals surface area contributed by atoms with Crippen LogP contribution in [0.2, 0.25) is 0 Å². The second kappa shape index (κ2) is 5.90. The zero-order chi connectivity index (χ0) is 12.1. The van der Waals surface area contributed by atoms with Gasteiger partial charge in [0.05, 0.1) is 6.10 Å². The number of aliphatic hydroxyl groups is 1. The minimum absolute atomic E-state index is 0.176. The molecule has 16 heavy (non-hydrogen) atoms. The van der Waals surface area contributed by atoms with E-state index in [0.717, 1.165) is 12.2 Å². The van der Waals surface area contributed by atoms with Gasteiger partial charge in [0.15, 0.2) is 0 Å². The van der Waals surface area contributed by atoms with E-state index in [1.807, 2.05) is 25.1 Å². The Morgan fingerprint density at radius 3 is 2.38 bits per heavy atom. The summed E-state index contributed by atoms with van der Waals surface area (Å²) in [6.45, 7) is 7.99.